The molecule has 128 valence electrons. The van der Waals surface area contributed by atoms with Gasteiger partial charge in [0.25, 0.3) is 0 Å². The zero-order valence-electron chi connectivity index (χ0n) is 12.4. The summed E-state index contributed by atoms with van der Waals surface area (Å²) >= 11 is 0. The number of ether oxygens (including phenoxy) is 1. The quantitative estimate of drug-likeness (QED) is 0.473. The molecule has 2 aromatic rings. The molecule has 0 radical (unpaired) electrons. The second-order valence-electron chi connectivity index (χ2n) is 4.71. The Bertz CT molecular complexity index is 758. The Morgan fingerprint density at radius 3 is 2.71 bits per heavy atom. The Hall–Kier alpha value is -2.91. The second-order valence-corrected chi connectivity index (χ2v) is 4.71. The molecule has 0 aliphatic heterocycles. The van der Waals surface area contributed by atoms with Crippen LogP contribution in [0.5, 0.6) is 0 Å². The number of nitro groups is 1. The average Bonchev–Trinajstić information content (AvgIpc) is 2.97. The first kappa shape index (κ1) is 17.4. The molecule has 2 rings (SSSR count). The SMILES string of the molecule is CCOC(=O)C(c1cccc(C(F)(F)F)c1)n1cnc([N+](=O)[O-])c1. The highest BCUT2D eigenvalue weighted by molar-refractivity contribution is 5.78. The lowest BCUT2D eigenvalue weighted by Crippen LogP contribution is -2.23. The predicted octanol–water partition coefficient (Wildman–Crippen LogP) is 2.96. The molecule has 0 amide bonds. The third-order valence-electron chi connectivity index (χ3n) is 3.11. The number of rotatable bonds is 5. The van der Waals surface area contributed by atoms with E-state index in [1.807, 2.05) is 0 Å². The average molecular weight is 343 g/mol. The molecule has 1 unspecified atom stereocenters. The Balaban J connectivity index is 2.50. The van der Waals surface area contributed by atoms with Crippen molar-refractivity contribution in [3.05, 3.63) is 58.0 Å². The number of benzene rings is 1. The number of carbonyl (C=O) groups excluding carboxylic acids is 1. The van der Waals surface area contributed by atoms with Gasteiger partial charge in [-0.05, 0) is 34.5 Å². The van der Waals surface area contributed by atoms with Crippen molar-refractivity contribution >= 4 is 11.8 Å². The molecule has 1 aromatic heterocycles. The van der Waals surface area contributed by atoms with Gasteiger partial charge in [0.05, 0.1) is 12.2 Å². The maximum atomic E-state index is 12.9. The van der Waals surface area contributed by atoms with E-state index in [9.17, 15) is 28.1 Å². The maximum absolute atomic E-state index is 12.9. The van der Waals surface area contributed by atoms with Gasteiger partial charge in [0.1, 0.15) is 6.20 Å². The number of alkyl halides is 3. The smallest absolute Gasteiger partial charge is 0.416 e. The van der Waals surface area contributed by atoms with E-state index in [0.717, 1.165) is 35.3 Å². The molecule has 10 heteroatoms. The van der Waals surface area contributed by atoms with Crippen LogP contribution in [-0.2, 0) is 15.7 Å². The maximum Gasteiger partial charge on any atom is 0.416 e. The topological polar surface area (TPSA) is 87.3 Å². The minimum Gasteiger partial charge on any atom is -0.464 e. The van der Waals surface area contributed by atoms with Crippen molar-refractivity contribution in [2.45, 2.75) is 19.1 Å². The van der Waals surface area contributed by atoms with Gasteiger partial charge in [-0.15, -0.1) is 0 Å². The Labute approximate surface area is 133 Å². The van der Waals surface area contributed by atoms with Gasteiger partial charge in [-0.1, -0.05) is 12.1 Å². The summed E-state index contributed by atoms with van der Waals surface area (Å²) in [6.07, 6.45) is -2.63. The van der Waals surface area contributed by atoms with E-state index in [1.165, 1.54) is 13.0 Å². The third kappa shape index (κ3) is 3.70. The van der Waals surface area contributed by atoms with Crippen LogP contribution in [0.3, 0.4) is 0 Å². The van der Waals surface area contributed by atoms with Gasteiger partial charge in [0.2, 0.25) is 6.33 Å². The Morgan fingerprint density at radius 1 is 1.46 bits per heavy atom. The first-order valence-electron chi connectivity index (χ1n) is 6.75. The van der Waals surface area contributed by atoms with Crippen molar-refractivity contribution < 1.29 is 27.6 Å². The molecule has 0 aliphatic carbocycles. The summed E-state index contributed by atoms with van der Waals surface area (Å²) in [4.78, 5) is 25.6. The molecule has 0 bridgehead atoms. The highest BCUT2D eigenvalue weighted by atomic mass is 19.4. The number of hydrogen-bond donors (Lipinski definition) is 0. The number of esters is 1. The van der Waals surface area contributed by atoms with Crippen LogP contribution in [0.4, 0.5) is 19.0 Å². The number of aromatic nitrogens is 2. The predicted molar refractivity (Wildman–Crippen MR) is 75.1 cm³/mol. The lowest BCUT2D eigenvalue weighted by atomic mass is 10.0. The van der Waals surface area contributed by atoms with Gasteiger partial charge in [0, 0.05) is 0 Å². The highest BCUT2D eigenvalue weighted by Gasteiger charge is 2.33. The molecular formula is C14H12F3N3O4. The van der Waals surface area contributed by atoms with Crippen molar-refractivity contribution in [2.24, 2.45) is 0 Å². The lowest BCUT2D eigenvalue weighted by molar-refractivity contribution is -0.389. The zero-order chi connectivity index (χ0) is 17.9. The normalized spacial score (nSPS) is 12.7. The summed E-state index contributed by atoms with van der Waals surface area (Å²) < 4.78 is 44.5. The van der Waals surface area contributed by atoms with Crippen LogP contribution in [0.25, 0.3) is 0 Å². The molecule has 0 fully saturated rings. The van der Waals surface area contributed by atoms with E-state index < -0.39 is 34.5 Å². The molecule has 0 saturated heterocycles. The minimum atomic E-state index is -4.59. The van der Waals surface area contributed by atoms with Crippen molar-refractivity contribution in [3.8, 4) is 0 Å². The highest BCUT2D eigenvalue weighted by Crippen LogP contribution is 2.32. The molecule has 0 saturated carbocycles. The molecule has 24 heavy (non-hydrogen) atoms. The van der Waals surface area contributed by atoms with Gasteiger partial charge >= 0.3 is 18.0 Å². The number of hydrogen-bond acceptors (Lipinski definition) is 5. The number of halogens is 3. The van der Waals surface area contributed by atoms with Crippen molar-refractivity contribution in [3.63, 3.8) is 0 Å². The number of carbonyl (C=O) groups is 1. The van der Waals surface area contributed by atoms with Gasteiger partial charge < -0.3 is 14.9 Å². The van der Waals surface area contributed by atoms with Crippen molar-refractivity contribution in [1.82, 2.24) is 9.55 Å². The number of nitrogens with zero attached hydrogens (tertiary/aromatic N) is 3. The molecule has 1 aromatic carbocycles. The summed E-state index contributed by atoms with van der Waals surface area (Å²) in [5.74, 6) is -1.37. The van der Waals surface area contributed by atoms with Crippen LogP contribution in [0, 0.1) is 10.1 Å². The van der Waals surface area contributed by atoms with E-state index >= 15 is 0 Å². The minimum absolute atomic E-state index is 0.00504. The van der Waals surface area contributed by atoms with E-state index in [-0.39, 0.29) is 12.2 Å². The standard InChI is InChI=1S/C14H12F3N3O4/c1-2-24-13(21)12(19-7-11(18-8-19)20(22)23)9-4-3-5-10(6-9)14(15,16)17/h3-8,12H,2H2,1H3. The Morgan fingerprint density at radius 2 is 2.17 bits per heavy atom. The van der Waals surface area contributed by atoms with E-state index in [4.69, 9.17) is 4.74 Å². The van der Waals surface area contributed by atoms with Crippen molar-refractivity contribution in [1.29, 1.82) is 0 Å². The molecule has 1 atom stereocenters. The van der Waals surface area contributed by atoms with Crippen LogP contribution >= 0.6 is 0 Å². The van der Waals surface area contributed by atoms with Gasteiger partial charge in [0.15, 0.2) is 6.04 Å². The summed E-state index contributed by atoms with van der Waals surface area (Å²) in [7, 11) is 0. The van der Waals surface area contributed by atoms with Crippen LogP contribution < -0.4 is 0 Å². The summed E-state index contributed by atoms with van der Waals surface area (Å²) in [5, 5.41) is 10.7. The van der Waals surface area contributed by atoms with Crippen LogP contribution in [0.15, 0.2) is 36.8 Å². The van der Waals surface area contributed by atoms with E-state index in [0.29, 0.717) is 0 Å². The van der Waals surface area contributed by atoms with Gasteiger partial charge in [-0.2, -0.15) is 13.2 Å². The van der Waals surface area contributed by atoms with Crippen LogP contribution in [-0.4, -0.2) is 27.1 Å². The first-order chi connectivity index (χ1) is 11.2. The summed E-state index contributed by atoms with van der Waals surface area (Å²) in [5.41, 5.74) is -0.959. The summed E-state index contributed by atoms with van der Waals surface area (Å²) in [6, 6.07) is 2.81. The Kier molecular flexibility index (Phi) is 4.86. The van der Waals surface area contributed by atoms with E-state index in [1.54, 1.807) is 0 Å². The first-order valence-corrected chi connectivity index (χ1v) is 6.75. The fourth-order valence-corrected chi connectivity index (χ4v) is 2.10. The molecule has 7 nitrogen and oxygen atoms in total. The fourth-order valence-electron chi connectivity index (χ4n) is 2.10. The molecular weight excluding hydrogens is 331 g/mol. The lowest BCUT2D eigenvalue weighted by Gasteiger charge is -2.17. The number of imidazole rings is 1. The monoisotopic (exact) mass is 343 g/mol. The van der Waals surface area contributed by atoms with Crippen molar-refractivity contribution in [2.75, 3.05) is 6.61 Å². The van der Waals surface area contributed by atoms with Crippen LogP contribution in [0.2, 0.25) is 0 Å². The molecule has 0 aliphatic rings. The zero-order valence-corrected chi connectivity index (χ0v) is 12.4. The molecule has 0 N–H and O–H groups in total. The summed E-state index contributed by atoms with van der Waals surface area (Å²) in [6.45, 7) is 1.54. The third-order valence-corrected chi connectivity index (χ3v) is 3.11. The fraction of sp³-hybridized carbons (Fsp3) is 0.286. The molecule has 0 spiro atoms. The second kappa shape index (κ2) is 6.69. The van der Waals surface area contributed by atoms with Crippen LogP contribution in [0.1, 0.15) is 24.1 Å². The molecule has 1 heterocycles. The van der Waals surface area contributed by atoms with Gasteiger partial charge in [-0.25, -0.2) is 4.79 Å². The van der Waals surface area contributed by atoms with Gasteiger partial charge in [-0.3, -0.25) is 4.57 Å². The van der Waals surface area contributed by atoms with E-state index in [2.05, 4.69) is 4.98 Å². The largest absolute Gasteiger partial charge is 0.464 e.